The maximum absolute atomic E-state index is 13.1. The molecule has 1 aliphatic carbocycles. The predicted molar refractivity (Wildman–Crippen MR) is 107 cm³/mol. The van der Waals surface area contributed by atoms with Gasteiger partial charge in [0.1, 0.15) is 4.90 Å². The van der Waals surface area contributed by atoms with E-state index < -0.39 is 0 Å². The van der Waals surface area contributed by atoms with Crippen molar-refractivity contribution in [2.45, 2.75) is 35.5 Å². The largest absolute Gasteiger partial charge is 0.355 e. The first-order valence-corrected chi connectivity index (χ1v) is 9.80. The number of rotatable bonds is 5. The summed E-state index contributed by atoms with van der Waals surface area (Å²) in [6, 6.07) is 15.2. The summed E-state index contributed by atoms with van der Waals surface area (Å²) in [5.41, 5.74) is 3.46. The Morgan fingerprint density at radius 1 is 1.11 bits per heavy atom. The van der Waals surface area contributed by atoms with Crippen molar-refractivity contribution in [1.82, 2.24) is 15.1 Å². The van der Waals surface area contributed by atoms with E-state index in [1.54, 1.807) is 36.0 Å². The van der Waals surface area contributed by atoms with Gasteiger partial charge < -0.3 is 5.32 Å². The van der Waals surface area contributed by atoms with Crippen LogP contribution in [0, 0.1) is 6.92 Å². The van der Waals surface area contributed by atoms with E-state index in [1.165, 1.54) is 17.3 Å². The van der Waals surface area contributed by atoms with Crippen LogP contribution in [0.2, 0.25) is 0 Å². The topological polar surface area (TPSA) is 66.9 Å². The zero-order valence-electron chi connectivity index (χ0n) is 15.3. The highest BCUT2D eigenvalue weighted by atomic mass is 32.2. The average molecular weight is 379 g/mol. The van der Waals surface area contributed by atoms with Crippen LogP contribution in [-0.4, -0.2) is 22.7 Å². The number of nitrogens with one attached hydrogen (secondary N) is 2. The Hall–Kier alpha value is -2.73. The van der Waals surface area contributed by atoms with Crippen molar-refractivity contribution in [2.75, 3.05) is 7.05 Å². The molecule has 1 heterocycles. The molecule has 2 aromatic carbocycles. The van der Waals surface area contributed by atoms with Gasteiger partial charge in [0, 0.05) is 23.4 Å². The molecule has 4 rings (SSSR count). The molecule has 1 saturated carbocycles. The second kappa shape index (κ2) is 7.12. The van der Waals surface area contributed by atoms with Crippen LogP contribution < -0.4 is 10.9 Å². The minimum absolute atomic E-state index is 0.0461. The van der Waals surface area contributed by atoms with E-state index in [-0.39, 0.29) is 11.5 Å². The maximum atomic E-state index is 13.1. The summed E-state index contributed by atoms with van der Waals surface area (Å²) in [6.45, 7) is 2.05. The van der Waals surface area contributed by atoms with Gasteiger partial charge in [0.2, 0.25) is 0 Å². The van der Waals surface area contributed by atoms with Gasteiger partial charge >= 0.3 is 0 Å². The third-order valence-corrected chi connectivity index (χ3v) is 5.82. The molecule has 1 fully saturated rings. The molecule has 0 radical (unpaired) electrons. The smallest absolute Gasteiger partial charge is 0.285 e. The summed E-state index contributed by atoms with van der Waals surface area (Å²) in [5.74, 6) is 0.284. The second-order valence-corrected chi connectivity index (χ2v) is 7.89. The summed E-state index contributed by atoms with van der Waals surface area (Å²) in [7, 11) is 1.60. The van der Waals surface area contributed by atoms with Crippen LogP contribution in [-0.2, 0) is 0 Å². The lowest BCUT2D eigenvalue weighted by atomic mass is 10.2. The fourth-order valence-electron chi connectivity index (χ4n) is 3.00. The monoisotopic (exact) mass is 379 g/mol. The van der Waals surface area contributed by atoms with Crippen molar-refractivity contribution in [3.63, 3.8) is 0 Å². The normalized spacial score (nSPS) is 13.6. The standard InChI is InChI=1S/C21H21N3O2S/c1-13-3-11-17(12-4-13)27-19-18(14-5-6-14)23-24(21(19)26)16-9-7-15(8-10-16)20(25)22-2/h3-4,7-12,14,23H,5-6H2,1-2H3,(H,22,25). The van der Waals surface area contributed by atoms with E-state index in [4.69, 9.17) is 0 Å². The van der Waals surface area contributed by atoms with Crippen LogP contribution in [0.1, 0.15) is 40.4 Å². The quantitative estimate of drug-likeness (QED) is 0.707. The summed E-state index contributed by atoms with van der Waals surface area (Å²) in [6.07, 6.45) is 2.22. The molecule has 27 heavy (non-hydrogen) atoms. The second-order valence-electron chi connectivity index (χ2n) is 6.81. The molecule has 0 spiro atoms. The molecule has 0 unspecified atom stereocenters. The molecular formula is C21H21N3O2S. The van der Waals surface area contributed by atoms with E-state index in [0.29, 0.717) is 11.5 Å². The molecule has 1 aliphatic rings. The number of amides is 1. The first-order chi connectivity index (χ1) is 13.1. The molecule has 138 valence electrons. The molecule has 6 heteroatoms. The first-order valence-electron chi connectivity index (χ1n) is 8.99. The maximum Gasteiger partial charge on any atom is 0.285 e. The van der Waals surface area contributed by atoms with Crippen LogP contribution in [0.25, 0.3) is 5.69 Å². The summed E-state index contributed by atoms with van der Waals surface area (Å²) in [5, 5.41) is 5.91. The van der Waals surface area contributed by atoms with Crippen LogP contribution in [0.3, 0.4) is 0 Å². The number of H-pyrrole nitrogens is 1. The molecule has 0 aliphatic heterocycles. The van der Waals surface area contributed by atoms with Gasteiger partial charge in [-0.05, 0) is 56.2 Å². The Kier molecular flexibility index (Phi) is 4.66. The van der Waals surface area contributed by atoms with Gasteiger partial charge in [0.25, 0.3) is 11.5 Å². The molecule has 1 amide bonds. The SMILES string of the molecule is CNC(=O)c1ccc(-n2[nH]c(C3CC3)c(Sc3ccc(C)cc3)c2=O)cc1. The number of carbonyl (C=O) groups excluding carboxylic acids is 1. The summed E-state index contributed by atoms with van der Waals surface area (Å²) < 4.78 is 1.58. The molecule has 0 atom stereocenters. The molecule has 3 aromatic rings. The number of hydrogen-bond acceptors (Lipinski definition) is 3. The zero-order valence-corrected chi connectivity index (χ0v) is 16.1. The Bertz CT molecular complexity index is 1030. The zero-order chi connectivity index (χ0) is 19.0. The number of aromatic amines is 1. The lowest BCUT2D eigenvalue weighted by molar-refractivity contribution is 0.0963. The number of aromatic nitrogens is 2. The van der Waals surface area contributed by atoms with Crippen molar-refractivity contribution in [3.8, 4) is 5.69 Å². The Labute approximate surface area is 161 Å². The van der Waals surface area contributed by atoms with Crippen LogP contribution in [0.15, 0.2) is 63.1 Å². The van der Waals surface area contributed by atoms with E-state index >= 15 is 0 Å². The van der Waals surface area contributed by atoms with E-state index in [1.807, 2.05) is 12.1 Å². The Morgan fingerprint density at radius 2 is 1.78 bits per heavy atom. The van der Waals surface area contributed by atoms with Gasteiger partial charge in [-0.25, -0.2) is 4.68 Å². The van der Waals surface area contributed by atoms with Crippen molar-refractivity contribution in [1.29, 1.82) is 0 Å². The van der Waals surface area contributed by atoms with Crippen LogP contribution in [0.4, 0.5) is 0 Å². The summed E-state index contributed by atoms with van der Waals surface area (Å²) in [4.78, 5) is 26.6. The first kappa shape index (κ1) is 17.7. The molecule has 2 N–H and O–H groups in total. The highest BCUT2D eigenvalue weighted by molar-refractivity contribution is 7.99. The lowest BCUT2D eigenvalue weighted by Crippen LogP contribution is -2.18. The minimum atomic E-state index is -0.144. The van der Waals surface area contributed by atoms with Gasteiger partial charge in [-0.15, -0.1) is 0 Å². The third-order valence-electron chi connectivity index (χ3n) is 4.72. The third kappa shape index (κ3) is 3.57. The van der Waals surface area contributed by atoms with Crippen molar-refractivity contribution in [3.05, 3.63) is 75.7 Å². The van der Waals surface area contributed by atoms with Gasteiger partial charge in [-0.3, -0.25) is 14.7 Å². The Balaban J connectivity index is 1.71. The van der Waals surface area contributed by atoms with E-state index in [0.717, 1.165) is 34.0 Å². The number of hydrogen-bond donors (Lipinski definition) is 2. The summed E-state index contributed by atoms with van der Waals surface area (Å²) >= 11 is 1.52. The van der Waals surface area contributed by atoms with Crippen molar-refractivity contribution < 1.29 is 4.79 Å². The van der Waals surface area contributed by atoms with Gasteiger partial charge in [0.15, 0.2) is 0 Å². The van der Waals surface area contributed by atoms with E-state index in [9.17, 15) is 9.59 Å². The fraction of sp³-hybridized carbons (Fsp3) is 0.238. The lowest BCUT2D eigenvalue weighted by Gasteiger charge is -2.04. The minimum Gasteiger partial charge on any atom is -0.355 e. The highest BCUT2D eigenvalue weighted by Gasteiger charge is 2.31. The predicted octanol–water partition coefficient (Wildman–Crippen LogP) is 3.86. The van der Waals surface area contributed by atoms with Crippen molar-refractivity contribution in [2.24, 2.45) is 0 Å². The van der Waals surface area contributed by atoms with Gasteiger partial charge in [0.05, 0.1) is 11.4 Å². The number of benzene rings is 2. The molecule has 1 aromatic heterocycles. The average Bonchev–Trinajstić information content (AvgIpc) is 3.48. The Morgan fingerprint density at radius 3 is 2.37 bits per heavy atom. The molecule has 0 bridgehead atoms. The van der Waals surface area contributed by atoms with Crippen molar-refractivity contribution >= 4 is 17.7 Å². The van der Waals surface area contributed by atoms with Crippen LogP contribution in [0.5, 0.6) is 0 Å². The number of carbonyl (C=O) groups is 1. The number of nitrogens with zero attached hydrogens (tertiary/aromatic N) is 1. The highest BCUT2D eigenvalue weighted by Crippen LogP contribution is 2.43. The van der Waals surface area contributed by atoms with E-state index in [2.05, 4.69) is 29.5 Å². The number of aryl methyl sites for hydroxylation is 1. The van der Waals surface area contributed by atoms with Crippen LogP contribution >= 0.6 is 11.8 Å². The van der Waals surface area contributed by atoms with Gasteiger partial charge in [-0.1, -0.05) is 29.5 Å². The molecule has 0 saturated heterocycles. The molecular weight excluding hydrogens is 358 g/mol. The molecule has 5 nitrogen and oxygen atoms in total. The fourth-order valence-corrected chi connectivity index (χ4v) is 4.01. The van der Waals surface area contributed by atoms with Gasteiger partial charge in [-0.2, -0.15) is 0 Å².